The lowest BCUT2D eigenvalue weighted by Crippen LogP contribution is -2.30. The van der Waals surface area contributed by atoms with Gasteiger partial charge in [-0.25, -0.2) is 0 Å². The number of unbranched alkanes of at least 4 members (excludes halogenated alkanes) is 2. The van der Waals surface area contributed by atoms with Gasteiger partial charge in [0.25, 0.3) is 0 Å². The zero-order valence-electron chi connectivity index (χ0n) is 11.2. The predicted octanol–water partition coefficient (Wildman–Crippen LogP) is 2.53. The van der Waals surface area contributed by atoms with Gasteiger partial charge in [0.2, 0.25) is 5.91 Å². The SMILES string of the molecule is CCCCN(CCCCC(C)C(=O)O)C(C)=O. The van der Waals surface area contributed by atoms with Gasteiger partial charge in [0.15, 0.2) is 0 Å². The molecule has 1 atom stereocenters. The molecule has 0 fully saturated rings. The van der Waals surface area contributed by atoms with Gasteiger partial charge in [-0.2, -0.15) is 0 Å². The fourth-order valence-electron chi connectivity index (χ4n) is 1.65. The van der Waals surface area contributed by atoms with E-state index in [2.05, 4.69) is 6.92 Å². The molecule has 0 heterocycles. The summed E-state index contributed by atoms with van der Waals surface area (Å²) in [6, 6.07) is 0. The standard InChI is InChI=1S/C13H25NO3/c1-4-5-9-14(12(3)15)10-7-6-8-11(2)13(16)17/h11H,4-10H2,1-3H3,(H,16,17). The molecule has 1 amide bonds. The minimum atomic E-state index is -0.737. The van der Waals surface area contributed by atoms with Crippen LogP contribution in [0.1, 0.15) is 52.9 Å². The highest BCUT2D eigenvalue weighted by atomic mass is 16.4. The molecular weight excluding hydrogens is 218 g/mol. The van der Waals surface area contributed by atoms with E-state index in [9.17, 15) is 9.59 Å². The average Bonchev–Trinajstić information content (AvgIpc) is 2.27. The summed E-state index contributed by atoms with van der Waals surface area (Å²) in [5.74, 6) is -0.902. The van der Waals surface area contributed by atoms with Gasteiger partial charge in [0.1, 0.15) is 0 Å². The van der Waals surface area contributed by atoms with E-state index in [1.807, 2.05) is 4.90 Å². The second kappa shape index (κ2) is 9.02. The summed E-state index contributed by atoms with van der Waals surface area (Å²) in [5.41, 5.74) is 0. The van der Waals surface area contributed by atoms with Gasteiger partial charge in [0.05, 0.1) is 5.92 Å². The van der Waals surface area contributed by atoms with Crippen LogP contribution in [0.4, 0.5) is 0 Å². The van der Waals surface area contributed by atoms with E-state index >= 15 is 0 Å². The Bertz CT molecular complexity index is 241. The fourth-order valence-corrected chi connectivity index (χ4v) is 1.65. The Kier molecular flexibility index (Phi) is 8.46. The molecule has 17 heavy (non-hydrogen) atoms. The zero-order valence-corrected chi connectivity index (χ0v) is 11.2. The Morgan fingerprint density at radius 3 is 2.24 bits per heavy atom. The number of hydrogen-bond donors (Lipinski definition) is 1. The highest BCUT2D eigenvalue weighted by Crippen LogP contribution is 2.09. The van der Waals surface area contributed by atoms with Crippen molar-refractivity contribution in [2.75, 3.05) is 13.1 Å². The first-order chi connectivity index (χ1) is 7.99. The molecule has 0 rings (SSSR count). The van der Waals surface area contributed by atoms with E-state index in [4.69, 9.17) is 5.11 Å². The van der Waals surface area contributed by atoms with Gasteiger partial charge < -0.3 is 10.0 Å². The molecule has 0 saturated heterocycles. The summed E-state index contributed by atoms with van der Waals surface area (Å²) in [4.78, 5) is 23.8. The Morgan fingerprint density at radius 2 is 1.76 bits per heavy atom. The maximum Gasteiger partial charge on any atom is 0.306 e. The molecule has 100 valence electrons. The quantitative estimate of drug-likeness (QED) is 0.633. The topological polar surface area (TPSA) is 57.6 Å². The first kappa shape index (κ1) is 15.9. The summed E-state index contributed by atoms with van der Waals surface area (Å²) in [7, 11) is 0. The lowest BCUT2D eigenvalue weighted by Gasteiger charge is -2.20. The summed E-state index contributed by atoms with van der Waals surface area (Å²) in [6.07, 6.45) is 4.56. The van der Waals surface area contributed by atoms with Crippen molar-refractivity contribution in [1.29, 1.82) is 0 Å². The van der Waals surface area contributed by atoms with Gasteiger partial charge >= 0.3 is 5.97 Å². The Balaban J connectivity index is 3.75. The number of nitrogens with zero attached hydrogens (tertiary/aromatic N) is 1. The average molecular weight is 243 g/mol. The number of carboxylic acids is 1. The molecule has 4 nitrogen and oxygen atoms in total. The van der Waals surface area contributed by atoms with Crippen LogP contribution in [0.5, 0.6) is 0 Å². The van der Waals surface area contributed by atoms with E-state index < -0.39 is 5.97 Å². The summed E-state index contributed by atoms with van der Waals surface area (Å²) >= 11 is 0. The molecule has 0 radical (unpaired) electrons. The van der Waals surface area contributed by atoms with Crippen LogP contribution >= 0.6 is 0 Å². The largest absolute Gasteiger partial charge is 0.481 e. The second-order valence-electron chi connectivity index (χ2n) is 4.59. The molecule has 0 spiro atoms. The van der Waals surface area contributed by atoms with E-state index in [0.29, 0.717) is 6.42 Å². The van der Waals surface area contributed by atoms with Crippen LogP contribution in [0.15, 0.2) is 0 Å². The summed E-state index contributed by atoms with van der Waals surface area (Å²) in [5, 5.41) is 8.73. The summed E-state index contributed by atoms with van der Waals surface area (Å²) < 4.78 is 0. The van der Waals surface area contributed by atoms with Crippen LogP contribution in [0, 0.1) is 5.92 Å². The van der Waals surface area contributed by atoms with Gasteiger partial charge in [-0.05, 0) is 19.3 Å². The van der Waals surface area contributed by atoms with E-state index in [1.165, 1.54) is 0 Å². The van der Waals surface area contributed by atoms with E-state index in [0.717, 1.165) is 38.8 Å². The van der Waals surface area contributed by atoms with Crippen molar-refractivity contribution in [1.82, 2.24) is 4.90 Å². The molecule has 4 heteroatoms. The molecule has 0 aromatic rings. The van der Waals surface area contributed by atoms with Crippen molar-refractivity contribution < 1.29 is 14.7 Å². The molecule has 0 bridgehead atoms. The Morgan fingerprint density at radius 1 is 1.18 bits per heavy atom. The normalized spacial score (nSPS) is 12.2. The lowest BCUT2D eigenvalue weighted by molar-refractivity contribution is -0.141. The number of hydrogen-bond acceptors (Lipinski definition) is 2. The van der Waals surface area contributed by atoms with Crippen molar-refractivity contribution in [3.05, 3.63) is 0 Å². The van der Waals surface area contributed by atoms with Crippen molar-refractivity contribution in [3.8, 4) is 0 Å². The van der Waals surface area contributed by atoms with Gasteiger partial charge in [-0.15, -0.1) is 0 Å². The maximum absolute atomic E-state index is 11.3. The zero-order chi connectivity index (χ0) is 13.3. The molecule has 0 saturated carbocycles. The van der Waals surface area contributed by atoms with Gasteiger partial charge in [-0.3, -0.25) is 9.59 Å². The van der Waals surface area contributed by atoms with Crippen LogP contribution in [-0.2, 0) is 9.59 Å². The smallest absolute Gasteiger partial charge is 0.306 e. The third-order valence-corrected chi connectivity index (χ3v) is 2.96. The number of carbonyl (C=O) groups excluding carboxylic acids is 1. The molecule has 0 aromatic heterocycles. The van der Waals surface area contributed by atoms with Crippen LogP contribution in [-0.4, -0.2) is 35.0 Å². The highest BCUT2D eigenvalue weighted by molar-refractivity contribution is 5.73. The number of rotatable bonds is 9. The molecule has 1 N–H and O–H groups in total. The van der Waals surface area contributed by atoms with Crippen molar-refractivity contribution in [2.45, 2.75) is 52.9 Å². The molecule has 0 aliphatic rings. The first-order valence-electron chi connectivity index (χ1n) is 6.47. The van der Waals surface area contributed by atoms with Crippen LogP contribution in [0.2, 0.25) is 0 Å². The Labute approximate surface area is 104 Å². The third-order valence-electron chi connectivity index (χ3n) is 2.96. The number of carbonyl (C=O) groups is 2. The molecule has 1 unspecified atom stereocenters. The molecule has 0 aliphatic heterocycles. The molecular formula is C13H25NO3. The third kappa shape index (κ3) is 7.77. The first-order valence-corrected chi connectivity index (χ1v) is 6.47. The molecule has 0 aromatic carbocycles. The number of aliphatic carboxylic acids is 1. The number of carboxylic acid groups (broad SMARTS) is 1. The Hall–Kier alpha value is -1.06. The van der Waals surface area contributed by atoms with Crippen LogP contribution in [0.3, 0.4) is 0 Å². The van der Waals surface area contributed by atoms with Crippen LogP contribution < -0.4 is 0 Å². The predicted molar refractivity (Wildman–Crippen MR) is 67.8 cm³/mol. The summed E-state index contributed by atoms with van der Waals surface area (Å²) in [6.45, 7) is 6.99. The minimum absolute atomic E-state index is 0.115. The van der Waals surface area contributed by atoms with Gasteiger partial charge in [0, 0.05) is 20.0 Å². The van der Waals surface area contributed by atoms with E-state index in [-0.39, 0.29) is 11.8 Å². The lowest BCUT2D eigenvalue weighted by atomic mass is 10.0. The monoisotopic (exact) mass is 243 g/mol. The minimum Gasteiger partial charge on any atom is -0.481 e. The fraction of sp³-hybridized carbons (Fsp3) is 0.846. The number of amides is 1. The molecule has 0 aliphatic carbocycles. The van der Waals surface area contributed by atoms with Crippen molar-refractivity contribution in [2.24, 2.45) is 5.92 Å². The van der Waals surface area contributed by atoms with E-state index in [1.54, 1.807) is 13.8 Å². The van der Waals surface area contributed by atoms with Crippen LogP contribution in [0.25, 0.3) is 0 Å². The van der Waals surface area contributed by atoms with Crippen molar-refractivity contribution in [3.63, 3.8) is 0 Å². The van der Waals surface area contributed by atoms with Gasteiger partial charge in [-0.1, -0.05) is 26.7 Å². The highest BCUT2D eigenvalue weighted by Gasteiger charge is 2.11. The second-order valence-corrected chi connectivity index (χ2v) is 4.59. The maximum atomic E-state index is 11.3. The van der Waals surface area contributed by atoms with Crippen molar-refractivity contribution >= 4 is 11.9 Å².